The van der Waals surface area contributed by atoms with E-state index < -0.39 is 17.6 Å². The number of carbonyl (C=O) groups is 1. The molecule has 1 N–H and O–H groups in total. The van der Waals surface area contributed by atoms with E-state index >= 15 is 0 Å². The molecule has 0 bridgehead atoms. The first kappa shape index (κ1) is 31.8. The van der Waals surface area contributed by atoms with Crippen molar-refractivity contribution in [3.63, 3.8) is 0 Å². The van der Waals surface area contributed by atoms with E-state index in [0.717, 1.165) is 18.6 Å². The summed E-state index contributed by atoms with van der Waals surface area (Å²) in [6.07, 6.45) is -2.12. The van der Waals surface area contributed by atoms with Gasteiger partial charge in [-0.15, -0.1) is 18.7 Å². The molecule has 0 saturated heterocycles. The molecule has 7 heteroatoms. The SMILES string of the molecule is C=C[CH-]NC(=O)c1cccc(C(F)(F)F)c1.CC.Fc1cc[c-]cc1.[CH2-]CC.[Hf]. The Morgan fingerprint density at radius 2 is 1.76 bits per heavy atom. The molecule has 2 nitrogen and oxygen atoms in total. The van der Waals surface area contributed by atoms with E-state index in [9.17, 15) is 22.4 Å². The fraction of sp³-hybridized carbons (Fsp3) is 0.227. The fourth-order valence-corrected chi connectivity index (χ4v) is 1.42. The molecular formula is C22H26F4HfNO-3. The van der Waals surface area contributed by atoms with Gasteiger partial charge in [-0.25, -0.2) is 17.0 Å². The Balaban J connectivity index is -0.000000432. The molecule has 0 aliphatic rings. The van der Waals surface area contributed by atoms with Gasteiger partial charge in [0.25, 0.3) is 0 Å². The van der Waals surface area contributed by atoms with Crippen LogP contribution in [0.5, 0.6) is 0 Å². The Kier molecular flexibility index (Phi) is 21.3. The van der Waals surface area contributed by atoms with Crippen LogP contribution in [0.4, 0.5) is 17.6 Å². The minimum Gasteiger partial charge on any atom is -0.407 e. The largest absolute Gasteiger partial charge is 0.416 e. The van der Waals surface area contributed by atoms with E-state index in [2.05, 4.69) is 24.9 Å². The molecule has 29 heavy (non-hydrogen) atoms. The number of carbonyl (C=O) groups excluding carboxylic acids is 1. The van der Waals surface area contributed by atoms with Crippen LogP contribution < -0.4 is 5.32 Å². The number of benzene rings is 2. The third-order valence-corrected chi connectivity index (χ3v) is 2.46. The number of amides is 1. The molecule has 160 valence electrons. The van der Waals surface area contributed by atoms with Gasteiger partial charge in [0.2, 0.25) is 5.91 Å². The van der Waals surface area contributed by atoms with Crippen molar-refractivity contribution in [2.75, 3.05) is 0 Å². The van der Waals surface area contributed by atoms with Gasteiger partial charge in [0.05, 0.1) is 5.56 Å². The summed E-state index contributed by atoms with van der Waals surface area (Å²) in [5.41, 5.74) is -0.897. The standard InChI is InChI=1S/C11H9F3NO.C6H4F.C3H7.C2H6.Hf/c1-2-6-15-10(16)8-4-3-5-9(7-8)11(12,13)14;7-6-4-2-1-3-5-6;1-3-2;1-2;/h2-7H,1H2,(H,15,16);2-5H;1,3H2,2H3;1-2H3;/q3*-1;;. The number of halogens is 4. The molecule has 2 aromatic carbocycles. The average Bonchev–Trinajstić information content (AvgIpc) is 2.69. The van der Waals surface area contributed by atoms with E-state index in [1.165, 1.54) is 49.0 Å². The van der Waals surface area contributed by atoms with Gasteiger partial charge in [-0.05, 0) is 18.2 Å². The molecule has 0 aliphatic carbocycles. The van der Waals surface area contributed by atoms with E-state index in [-0.39, 0.29) is 37.2 Å². The maximum absolute atomic E-state index is 12.3. The van der Waals surface area contributed by atoms with Crippen LogP contribution in [0.3, 0.4) is 0 Å². The number of hydrogen-bond acceptors (Lipinski definition) is 1. The summed E-state index contributed by atoms with van der Waals surface area (Å²) in [5, 5.41) is 2.28. The molecule has 0 unspecified atom stereocenters. The van der Waals surface area contributed by atoms with Crippen molar-refractivity contribution in [1.29, 1.82) is 0 Å². The summed E-state index contributed by atoms with van der Waals surface area (Å²) < 4.78 is 48.9. The van der Waals surface area contributed by atoms with Crippen molar-refractivity contribution in [3.8, 4) is 0 Å². The molecule has 0 aromatic heterocycles. The van der Waals surface area contributed by atoms with Crippen LogP contribution >= 0.6 is 0 Å². The predicted molar refractivity (Wildman–Crippen MR) is 106 cm³/mol. The second kappa shape index (κ2) is 19.4. The van der Waals surface area contributed by atoms with Crippen molar-refractivity contribution in [2.24, 2.45) is 0 Å². The Hall–Kier alpha value is -1.89. The minimum absolute atomic E-state index is 0. The van der Waals surface area contributed by atoms with Gasteiger partial charge >= 0.3 is 6.18 Å². The molecule has 0 radical (unpaired) electrons. The van der Waals surface area contributed by atoms with Gasteiger partial charge in [-0.3, -0.25) is 4.79 Å². The van der Waals surface area contributed by atoms with E-state index in [1.807, 2.05) is 20.8 Å². The van der Waals surface area contributed by atoms with Crippen molar-refractivity contribution in [1.82, 2.24) is 5.32 Å². The van der Waals surface area contributed by atoms with Crippen molar-refractivity contribution >= 4 is 5.91 Å². The van der Waals surface area contributed by atoms with Crippen LogP contribution in [0.2, 0.25) is 0 Å². The molecule has 0 fully saturated rings. The van der Waals surface area contributed by atoms with Gasteiger partial charge in [0.1, 0.15) is 0 Å². The number of rotatable bonds is 3. The molecule has 2 rings (SSSR count). The normalized spacial score (nSPS) is 8.83. The second-order valence-corrected chi connectivity index (χ2v) is 4.67. The topological polar surface area (TPSA) is 29.1 Å². The molecule has 2 aromatic rings. The maximum Gasteiger partial charge on any atom is 0.416 e. The zero-order valence-electron chi connectivity index (χ0n) is 16.8. The zero-order chi connectivity index (χ0) is 22.0. The van der Waals surface area contributed by atoms with Crippen LogP contribution in [-0.2, 0) is 32.0 Å². The molecule has 0 saturated carbocycles. The first-order valence-corrected chi connectivity index (χ1v) is 8.59. The molecule has 0 spiro atoms. The van der Waals surface area contributed by atoms with Crippen LogP contribution in [0.1, 0.15) is 43.1 Å². The summed E-state index contributed by atoms with van der Waals surface area (Å²) in [6, 6.07) is 12.7. The predicted octanol–water partition coefficient (Wildman–Crippen LogP) is 6.66. The Bertz CT molecular complexity index is 661. The molecule has 1 amide bonds. The van der Waals surface area contributed by atoms with Crippen molar-refractivity contribution < 1.29 is 48.2 Å². The summed E-state index contributed by atoms with van der Waals surface area (Å²) in [4.78, 5) is 11.3. The third kappa shape index (κ3) is 16.7. The van der Waals surface area contributed by atoms with Crippen molar-refractivity contribution in [2.45, 2.75) is 33.4 Å². The summed E-state index contributed by atoms with van der Waals surface area (Å²) in [7, 11) is 0. The van der Waals surface area contributed by atoms with Gasteiger partial charge in [0, 0.05) is 37.2 Å². The van der Waals surface area contributed by atoms with E-state index in [1.54, 1.807) is 0 Å². The number of nitrogens with one attached hydrogen (secondary N) is 1. The summed E-state index contributed by atoms with van der Waals surface area (Å²) >= 11 is 0. The average molecular weight is 575 g/mol. The first-order chi connectivity index (χ1) is 13.3. The second-order valence-electron chi connectivity index (χ2n) is 4.67. The van der Waals surface area contributed by atoms with Crippen LogP contribution in [0.25, 0.3) is 0 Å². The Morgan fingerprint density at radius 3 is 2.14 bits per heavy atom. The number of alkyl halides is 3. The van der Waals surface area contributed by atoms with Crippen LogP contribution in [0, 0.1) is 25.4 Å². The van der Waals surface area contributed by atoms with Gasteiger partial charge < -0.3 is 12.2 Å². The first-order valence-electron chi connectivity index (χ1n) is 8.59. The van der Waals surface area contributed by atoms with Gasteiger partial charge in [-0.1, -0.05) is 26.8 Å². The fourth-order valence-electron chi connectivity index (χ4n) is 1.42. The minimum atomic E-state index is -4.45. The van der Waals surface area contributed by atoms with E-state index in [0.29, 0.717) is 0 Å². The Labute approximate surface area is 190 Å². The maximum atomic E-state index is 12.3. The van der Waals surface area contributed by atoms with Crippen LogP contribution in [-0.4, -0.2) is 5.91 Å². The molecular weight excluding hydrogens is 549 g/mol. The van der Waals surface area contributed by atoms with Gasteiger partial charge in [0.15, 0.2) is 0 Å². The monoisotopic (exact) mass is 576 g/mol. The van der Waals surface area contributed by atoms with Gasteiger partial charge in [-0.2, -0.15) is 37.8 Å². The van der Waals surface area contributed by atoms with Crippen molar-refractivity contribution in [3.05, 3.63) is 97.7 Å². The number of hydrogen-bond donors (Lipinski definition) is 1. The molecule has 0 heterocycles. The molecule has 0 aliphatic heterocycles. The smallest absolute Gasteiger partial charge is 0.407 e. The Morgan fingerprint density at radius 1 is 1.24 bits per heavy atom. The summed E-state index contributed by atoms with van der Waals surface area (Å²) in [6.45, 7) is 14.1. The quantitative estimate of drug-likeness (QED) is 0.248. The zero-order valence-corrected chi connectivity index (χ0v) is 20.4. The van der Waals surface area contributed by atoms with E-state index in [4.69, 9.17) is 0 Å². The molecule has 0 atom stereocenters. The third-order valence-electron chi connectivity index (χ3n) is 2.46. The summed E-state index contributed by atoms with van der Waals surface area (Å²) in [5.74, 6) is -0.815. The van der Waals surface area contributed by atoms with Crippen LogP contribution in [0.15, 0.2) is 61.2 Å².